The van der Waals surface area contributed by atoms with Crippen molar-refractivity contribution >= 4 is 31.5 Å². The average Bonchev–Trinajstić information content (AvgIpc) is 3.50. The number of benzene rings is 5. The molecule has 5 aromatic carbocycles. The fraction of sp³-hybridized carbons (Fsp3) is 0.167. The van der Waals surface area contributed by atoms with E-state index >= 15 is 0 Å². The van der Waals surface area contributed by atoms with Gasteiger partial charge in [-0.1, -0.05) is 129 Å². The van der Waals surface area contributed by atoms with Gasteiger partial charge in [-0.25, -0.2) is 0 Å². The molecule has 1 aliphatic heterocycles. The summed E-state index contributed by atoms with van der Waals surface area (Å²) < 4.78 is 2.76. The summed E-state index contributed by atoms with van der Waals surface area (Å²) >= 11 is 1.95. The second-order valence-corrected chi connectivity index (χ2v) is 12.5. The van der Waals surface area contributed by atoms with Crippen LogP contribution >= 0.6 is 11.3 Å². The highest BCUT2D eigenvalue weighted by molar-refractivity contribution is 7.26. The van der Waals surface area contributed by atoms with Crippen molar-refractivity contribution in [1.29, 1.82) is 0 Å². The van der Waals surface area contributed by atoms with Crippen molar-refractivity contribution in [1.82, 2.24) is 16.0 Å². The first-order valence-electron chi connectivity index (χ1n) is 14.1. The van der Waals surface area contributed by atoms with Crippen LogP contribution in [0.3, 0.4) is 0 Å². The molecule has 3 nitrogen and oxygen atoms in total. The molecule has 0 saturated carbocycles. The molecule has 1 fully saturated rings. The molecule has 2 heterocycles. The van der Waals surface area contributed by atoms with E-state index in [-0.39, 0.29) is 23.9 Å². The first-order chi connectivity index (χ1) is 19.6. The van der Waals surface area contributed by atoms with Gasteiger partial charge in [0.05, 0.1) is 18.5 Å². The van der Waals surface area contributed by atoms with E-state index in [9.17, 15) is 0 Å². The van der Waals surface area contributed by atoms with Crippen molar-refractivity contribution in [3.8, 4) is 11.1 Å². The Morgan fingerprint density at radius 3 is 1.82 bits per heavy atom. The van der Waals surface area contributed by atoms with Crippen molar-refractivity contribution in [2.45, 2.75) is 37.8 Å². The van der Waals surface area contributed by atoms with Crippen LogP contribution in [0.4, 0.5) is 0 Å². The van der Waals surface area contributed by atoms with Gasteiger partial charge in [0.15, 0.2) is 0 Å². The van der Waals surface area contributed by atoms with Gasteiger partial charge >= 0.3 is 0 Å². The Bertz CT molecular complexity index is 1830. The number of hydrogen-bond donors (Lipinski definition) is 3. The summed E-state index contributed by atoms with van der Waals surface area (Å²) in [6.07, 6.45) is 0.00613. The van der Waals surface area contributed by atoms with E-state index in [1.165, 1.54) is 59.1 Å². The van der Waals surface area contributed by atoms with Gasteiger partial charge in [-0.15, -0.1) is 11.3 Å². The number of thiophene rings is 1. The molecule has 0 amide bonds. The van der Waals surface area contributed by atoms with Crippen LogP contribution in [0.2, 0.25) is 0 Å². The standard InChI is InChI=1S/C36H31N3S/c1-36(2)29-19-10-9-16-24(29)25-20-21-27-26-17-11-18-28(31(26)40-32(27)30(25)36)35-38-33(22-12-5-3-6-13-22)37-34(39-35)23-14-7-4-8-15-23/h3-21,33-35,37-39H,1-2H3. The SMILES string of the molecule is CC1(C)c2ccccc2-c2ccc3c(sc4c(C5NC(c6ccccc6)NC(c6ccccc6)N5)cccc43)c21. The van der Waals surface area contributed by atoms with E-state index < -0.39 is 0 Å². The minimum Gasteiger partial charge on any atom is -0.279 e. The van der Waals surface area contributed by atoms with Crippen molar-refractivity contribution in [3.63, 3.8) is 0 Å². The molecule has 0 bridgehead atoms. The smallest absolute Gasteiger partial charge is 0.0878 e. The van der Waals surface area contributed by atoms with Crippen LogP contribution in [-0.2, 0) is 5.41 Å². The summed E-state index contributed by atoms with van der Waals surface area (Å²) in [4.78, 5) is 0. The number of nitrogens with one attached hydrogen (secondary N) is 3. The fourth-order valence-electron chi connectivity index (χ4n) is 6.85. The lowest BCUT2D eigenvalue weighted by atomic mass is 9.82. The maximum Gasteiger partial charge on any atom is 0.0878 e. The van der Waals surface area contributed by atoms with Crippen LogP contribution < -0.4 is 16.0 Å². The van der Waals surface area contributed by atoms with Gasteiger partial charge in [-0.05, 0) is 33.4 Å². The summed E-state index contributed by atoms with van der Waals surface area (Å²) in [6, 6.07) is 41.8. The number of fused-ring (bicyclic) bond motifs is 7. The van der Waals surface area contributed by atoms with Gasteiger partial charge in [0.1, 0.15) is 0 Å². The Labute approximate surface area is 238 Å². The molecular weight excluding hydrogens is 506 g/mol. The Morgan fingerprint density at radius 2 is 1.12 bits per heavy atom. The zero-order valence-corrected chi connectivity index (χ0v) is 23.4. The molecule has 0 spiro atoms. The quantitative estimate of drug-likeness (QED) is 0.212. The molecule has 2 atom stereocenters. The molecule has 8 rings (SSSR count). The first kappa shape index (κ1) is 24.0. The Hall–Kier alpha value is -3.80. The monoisotopic (exact) mass is 537 g/mol. The largest absolute Gasteiger partial charge is 0.279 e. The highest BCUT2D eigenvalue weighted by Gasteiger charge is 2.38. The molecule has 1 saturated heterocycles. The molecular formula is C36H31N3S. The van der Waals surface area contributed by atoms with Crippen LogP contribution in [0, 0.1) is 0 Å². The third kappa shape index (κ3) is 3.61. The summed E-state index contributed by atoms with van der Waals surface area (Å²) in [5.74, 6) is 0. The third-order valence-corrected chi connectivity index (χ3v) is 10.1. The molecule has 196 valence electrons. The lowest BCUT2D eigenvalue weighted by molar-refractivity contribution is 0.204. The summed E-state index contributed by atoms with van der Waals surface area (Å²) in [5, 5.41) is 14.3. The van der Waals surface area contributed by atoms with Gasteiger partial charge in [-0.3, -0.25) is 16.0 Å². The average molecular weight is 538 g/mol. The second kappa shape index (κ2) is 9.12. The van der Waals surface area contributed by atoms with E-state index in [0.29, 0.717) is 0 Å². The van der Waals surface area contributed by atoms with E-state index in [4.69, 9.17) is 0 Å². The van der Waals surface area contributed by atoms with E-state index in [1.54, 1.807) is 0 Å². The molecule has 4 heteroatoms. The third-order valence-electron chi connectivity index (χ3n) is 8.79. The lowest BCUT2D eigenvalue weighted by Crippen LogP contribution is -2.54. The summed E-state index contributed by atoms with van der Waals surface area (Å²) in [6.45, 7) is 4.76. The zero-order valence-electron chi connectivity index (χ0n) is 22.6. The van der Waals surface area contributed by atoms with Crippen LogP contribution in [0.5, 0.6) is 0 Å². The molecule has 3 N–H and O–H groups in total. The molecule has 2 unspecified atom stereocenters. The van der Waals surface area contributed by atoms with Gasteiger partial charge in [0, 0.05) is 31.2 Å². The van der Waals surface area contributed by atoms with Gasteiger partial charge in [0.25, 0.3) is 0 Å². The van der Waals surface area contributed by atoms with Crippen LogP contribution in [0.25, 0.3) is 31.3 Å². The summed E-state index contributed by atoms with van der Waals surface area (Å²) in [5.41, 5.74) is 9.37. The predicted octanol–water partition coefficient (Wildman–Crippen LogP) is 8.54. The number of rotatable bonds is 3. The minimum absolute atomic E-state index is 0.0139. The minimum atomic E-state index is -0.0332. The zero-order chi connectivity index (χ0) is 26.8. The van der Waals surface area contributed by atoms with Crippen LogP contribution in [0.15, 0.2) is 115 Å². The predicted molar refractivity (Wildman–Crippen MR) is 167 cm³/mol. The highest BCUT2D eigenvalue weighted by Crippen LogP contribution is 2.54. The fourth-order valence-corrected chi connectivity index (χ4v) is 8.40. The Kier molecular flexibility index (Phi) is 5.48. The van der Waals surface area contributed by atoms with Crippen molar-refractivity contribution in [2.24, 2.45) is 0 Å². The molecule has 0 radical (unpaired) electrons. The van der Waals surface area contributed by atoms with Crippen molar-refractivity contribution in [2.75, 3.05) is 0 Å². The molecule has 40 heavy (non-hydrogen) atoms. The van der Waals surface area contributed by atoms with Gasteiger partial charge in [0.2, 0.25) is 0 Å². The van der Waals surface area contributed by atoms with E-state index in [1.807, 2.05) is 11.3 Å². The maximum atomic E-state index is 3.89. The molecule has 1 aromatic heterocycles. The first-order valence-corrected chi connectivity index (χ1v) is 14.9. The Balaban J connectivity index is 1.29. The van der Waals surface area contributed by atoms with Crippen LogP contribution in [-0.4, -0.2) is 0 Å². The Morgan fingerprint density at radius 1 is 0.525 bits per heavy atom. The highest BCUT2D eigenvalue weighted by atomic mass is 32.1. The van der Waals surface area contributed by atoms with Crippen molar-refractivity contribution in [3.05, 3.63) is 143 Å². The molecule has 2 aliphatic rings. The van der Waals surface area contributed by atoms with E-state index in [0.717, 1.165) is 0 Å². The normalized spacial score (nSPS) is 21.4. The van der Waals surface area contributed by atoms with Crippen molar-refractivity contribution < 1.29 is 0 Å². The van der Waals surface area contributed by atoms with Gasteiger partial charge < -0.3 is 0 Å². The maximum absolute atomic E-state index is 3.89. The second-order valence-electron chi connectivity index (χ2n) is 11.5. The van der Waals surface area contributed by atoms with Crippen LogP contribution in [0.1, 0.15) is 60.2 Å². The van der Waals surface area contributed by atoms with Gasteiger partial charge in [-0.2, -0.15) is 0 Å². The molecule has 1 aliphatic carbocycles. The topological polar surface area (TPSA) is 36.1 Å². The van der Waals surface area contributed by atoms with E-state index in [2.05, 4.69) is 145 Å². The molecule has 6 aromatic rings. The summed E-state index contributed by atoms with van der Waals surface area (Å²) in [7, 11) is 0. The lowest BCUT2D eigenvalue weighted by Gasteiger charge is -2.39. The number of hydrogen-bond acceptors (Lipinski definition) is 4.